The fraction of sp³-hybridized carbons (Fsp3) is 0.314. The maximum atomic E-state index is 14.1. The fourth-order valence-electron chi connectivity index (χ4n) is 5.87. The molecule has 0 N–H and O–H groups in total. The number of hydrogen-bond donors (Lipinski definition) is 0. The minimum Gasteiger partial charge on any atom is -0.460 e. The molecule has 44 heavy (non-hydrogen) atoms. The van der Waals surface area contributed by atoms with Crippen LogP contribution in [0.1, 0.15) is 33.8 Å². The van der Waals surface area contributed by atoms with Crippen molar-refractivity contribution in [1.82, 2.24) is 24.3 Å². The SMILES string of the molecule is CN(C)CCOC(=O)c1c(CC2CCN(Cc3cnc(-c4ccccn4)s3)CC2)c(=O)c2ccccc2n1-c1ccccc1. The standard InChI is InChI=1S/C35H37N5O3S/c1-38(2)20-21-43-35(42)32-29(33(41)28-12-6-7-14-31(28)40(32)26-10-4-3-5-11-26)22-25-15-18-39(19-16-25)24-27-23-37-34(44-27)30-13-8-9-17-36-30/h3-14,17,23,25H,15-16,18-22,24H2,1-2H3. The lowest BCUT2D eigenvalue weighted by atomic mass is 9.88. The van der Waals surface area contributed by atoms with Crippen LogP contribution in [0.15, 0.2) is 90.0 Å². The predicted molar refractivity (Wildman–Crippen MR) is 175 cm³/mol. The average Bonchev–Trinajstić information content (AvgIpc) is 3.52. The van der Waals surface area contributed by atoms with Gasteiger partial charge in [0, 0.05) is 47.0 Å². The van der Waals surface area contributed by atoms with Gasteiger partial charge in [0.15, 0.2) is 5.43 Å². The molecule has 0 radical (unpaired) electrons. The Balaban J connectivity index is 1.26. The van der Waals surface area contributed by atoms with Crippen LogP contribution >= 0.6 is 11.3 Å². The van der Waals surface area contributed by atoms with E-state index in [2.05, 4.69) is 14.9 Å². The second-order valence-electron chi connectivity index (χ2n) is 11.6. The molecule has 5 aromatic rings. The van der Waals surface area contributed by atoms with Crippen LogP contribution < -0.4 is 5.43 Å². The van der Waals surface area contributed by atoms with Gasteiger partial charge in [0.1, 0.15) is 17.3 Å². The van der Waals surface area contributed by atoms with Crippen LogP contribution in [0.25, 0.3) is 27.3 Å². The first-order valence-electron chi connectivity index (χ1n) is 15.1. The summed E-state index contributed by atoms with van der Waals surface area (Å²) in [6, 6.07) is 23.2. The Hall–Kier alpha value is -4.18. The Bertz CT molecular complexity index is 1780. The van der Waals surface area contributed by atoms with Gasteiger partial charge in [-0.25, -0.2) is 9.78 Å². The summed E-state index contributed by atoms with van der Waals surface area (Å²) in [7, 11) is 3.88. The van der Waals surface area contributed by atoms with E-state index in [0.717, 1.165) is 48.9 Å². The number of esters is 1. The predicted octanol–water partition coefficient (Wildman–Crippen LogP) is 5.68. The van der Waals surface area contributed by atoms with Crippen molar-refractivity contribution in [2.45, 2.75) is 25.8 Å². The lowest BCUT2D eigenvalue weighted by molar-refractivity contribution is 0.0470. The van der Waals surface area contributed by atoms with E-state index in [1.165, 1.54) is 4.88 Å². The number of ether oxygens (including phenoxy) is 1. The summed E-state index contributed by atoms with van der Waals surface area (Å²) in [5.41, 5.74) is 3.23. The highest BCUT2D eigenvalue weighted by Gasteiger charge is 2.28. The van der Waals surface area contributed by atoms with Gasteiger partial charge < -0.3 is 14.2 Å². The van der Waals surface area contributed by atoms with Gasteiger partial charge >= 0.3 is 5.97 Å². The first kappa shape index (κ1) is 29.9. The van der Waals surface area contributed by atoms with Crippen molar-refractivity contribution < 1.29 is 9.53 Å². The maximum Gasteiger partial charge on any atom is 0.355 e. The van der Waals surface area contributed by atoms with Crippen LogP contribution in [-0.2, 0) is 17.7 Å². The van der Waals surface area contributed by atoms with Crippen LogP contribution in [0.4, 0.5) is 0 Å². The van der Waals surface area contributed by atoms with Gasteiger partial charge in [-0.2, -0.15) is 0 Å². The summed E-state index contributed by atoms with van der Waals surface area (Å²) in [5.74, 6) is -0.178. The van der Waals surface area contributed by atoms with E-state index in [0.29, 0.717) is 35.1 Å². The van der Waals surface area contributed by atoms with E-state index < -0.39 is 5.97 Å². The number of hydrogen-bond acceptors (Lipinski definition) is 8. The van der Waals surface area contributed by atoms with Crippen LogP contribution in [0.2, 0.25) is 0 Å². The molecule has 9 heteroatoms. The fourth-order valence-corrected chi connectivity index (χ4v) is 6.80. The van der Waals surface area contributed by atoms with E-state index in [9.17, 15) is 9.59 Å². The third-order valence-corrected chi connectivity index (χ3v) is 9.17. The van der Waals surface area contributed by atoms with Gasteiger partial charge in [-0.3, -0.25) is 14.7 Å². The van der Waals surface area contributed by atoms with Crippen LogP contribution in [0.5, 0.6) is 0 Å². The third kappa shape index (κ3) is 6.65. The number of fused-ring (bicyclic) bond motifs is 1. The molecular formula is C35H37N5O3S. The number of nitrogens with zero attached hydrogens (tertiary/aromatic N) is 5. The first-order chi connectivity index (χ1) is 21.5. The summed E-state index contributed by atoms with van der Waals surface area (Å²) < 4.78 is 7.71. The third-order valence-electron chi connectivity index (χ3n) is 8.17. The highest BCUT2D eigenvalue weighted by molar-refractivity contribution is 7.14. The Labute approximate surface area is 261 Å². The van der Waals surface area contributed by atoms with E-state index >= 15 is 0 Å². The highest BCUT2D eigenvalue weighted by Crippen LogP contribution is 2.29. The molecule has 0 atom stereocenters. The largest absolute Gasteiger partial charge is 0.460 e. The molecule has 4 heterocycles. The molecule has 3 aromatic heterocycles. The van der Waals surface area contributed by atoms with Crippen molar-refractivity contribution in [1.29, 1.82) is 0 Å². The normalized spacial score (nSPS) is 14.3. The summed E-state index contributed by atoms with van der Waals surface area (Å²) in [6.07, 6.45) is 6.17. The zero-order valence-electron chi connectivity index (χ0n) is 25.2. The van der Waals surface area contributed by atoms with Crippen molar-refractivity contribution in [3.8, 4) is 16.4 Å². The highest BCUT2D eigenvalue weighted by atomic mass is 32.1. The quantitative estimate of drug-likeness (QED) is 0.189. The van der Waals surface area contributed by atoms with Crippen LogP contribution in [0.3, 0.4) is 0 Å². The number of para-hydroxylation sites is 2. The topological polar surface area (TPSA) is 80.6 Å². The summed E-state index contributed by atoms with van der Waals surface area (Å²) in [5, 5.41) is 1.55. The second-order valence-corrected chi connectivity index (χ2v) is 12.7. The molecule has 1 saturated heterocycles. The number of likely N-dealkylation sites (N-methyl/N-ethyl adjacent to an activating group) is 1. The number of pyridine rings is 2. The van der Waals surface area contributed by atoms with Crippen LogP contribution in [0, 0.1) is 5.92 Å². The molecule has 0 saturated carbocycles. The lowest BCUT2D eigenvalue weighted by Gasteiger charge is -2.32. The molecule has 0 spiro atoms. The molecule has 6 rings (SSSR count). The summed E-state index contributed by atoms with van der Waals surface area (Å²) >= 11 is 1.69. The number of carbonyl (C=O) groups is 1. The molecule has 1 aliphatic heterocycles. The van der Waals surface area contributed by atoms with E-state index in [-0.39, 0.29) is 18.0 Å². The maximum absolute atomic E-state index is 14.1. The van der Waals surface area contributed by atoms with Crippen molar-refractivity contribution in [2.75, 3.05) is 40.3 Å². The van der Waals surface area contributed by atoms with Gasteiger partial charge in [-0.15, -0.1) is 11.3 Å². The second kappa shape index (κ2) is 13.6. The minimum absolute atomic E-state index is 0.0820. The van der Waals surface area contributed by atoms with Crippen molar-refractivity contribution >= 4 is 28.2 Å². The molecule has 1 aliphatic rings. The molecule has 0 amide bonds. The Kier molecular flexibility index (Phi) is 9.26. The molecule has 0 unspecified atom stereocenters. The number of likely N-dealkylation sites (tertiary alicyclic amines) is 1. The van der Waals surface area contributed by atoms with Crippen molar-refractivity contribution in [3.63, 3.8) is 0 Å². The van der Waals surface area contributed by atoms with Crippen molar-refractivity contribution in [3.05, 3.63) is 112 Å². The molecule has 2 aromatic carbocycles. The zero-order valence-corrected chi connectivity index (χ0v) is 26.0. The lowest BCUT2D eigenvalue weighted by Crippen LogP contribution is -2.35. The molecule has 0 aliphatic carbocycles. The first-order valence-corrected chi connectivity index (χ1v) is 15.9. The molecule has 8 nitrogen and oxygen atoms in total. The number of benzene rings is 2. The molecule has 0 bridgehead atoms. The minimum atomic E-state index is -0.458. The van der Waals surface area contributed by atoms with Gasteiger partial charge in [0.05, 0.1) is 11.2 Å². The van der Waals surface area contributed by atoms with E-state index in [1.54, 1.807) is 17.5 Å². The summed E-state index contributed by atoms with van der Waals surface area (Å²) in [4.78, 5) is 42.5. The Morgan fingerprint density at radius 1 is 0.977 bits per heavy atom. The van der Waals surface area contributed by atoms with E-state index in [1.807, 2.05) is 103 Å². The smallest absolute Gasteiger partial charge is 0.355 e. The molecule has 226 valence electrons. The number of rotatable bonds is 10. The molecular weight excluding hydrogens is 570 g/mol. The van der Waals surface area contributed by atoms with Gasteiger partial charge in [0.2, 0.25) is 0 Å². The number of piperidine rings is 1. The zero-order chi connectivity index (χ0) is 30.5. The number of aromatic nitrogens is 3. The molecule has 1 fully saturated rings. The van der Waals surface area contributed by atoms with Gasteiger partial charge in [0.25, 0.3) is 0 Å². The number of carbonyl (C=O) groups excluding carboxylic acids is 1. The van der Waals surface area contributed by atoms with E-state index in [4.69, 9.17) is 4.74 Å². The monoisotopic (exact) mass is 607 g/mol. The number of thiazole rings is 1. The van der Waals surface area contributed by atoms with Gasteiger partial charge in [-0.1, -0.05) is 36.4 Å². The van der Waals surface area contributed by atoms with Crippen LogP contribution in [-0.4, -0.2) is 70.6 Å². The van der Waals surface area contributed by atoms with Gasteiger partial charge in [-0.05, 0) is 88.8 Å². The Morgan fingerprint density at radius 2 is 1.73 bits per heavy atom. The summed E-state index contributed by atoms with van der Waals surface area (Å²) in [6.45, 7) is 3.54. The van der Waals surface area contributed by atoms with Crippen molar-refractivity contribution in [2.24, 2.45) is 5.92 Å². The average molecular weight is 608 g/mol. The Morgan fingerprint density at radius 3 is 2.48 bits per heavy atom.